The maximum absolute atomic E-state index is 13.7. The second-order valence-electron chi connectivity index (χ2n) is 16.9. The number of fused-ring (bicyclic) bond motifs is 1. The normalized spacial score (nSPS) is 24.4. The number of halogens is 7. The quantitative estimate of drug-likeness (QED) is 0.141. The first-order valence-electron chi connectivity index (χ1n) is 20.6. The second-order valence-corrected chi connectivity index (χ2v) is 17.4. The van der Waals surface area contributed by atoms with Crippen molar-refractivity contribution in [3.63, 3.8) is 0 Å². The smallest absolute Gasteiger partial charge is 0.416 e. The summed E-state index contributed by atoms with van der Waals surface area (Å²) in [5, 5.41) is 9.22. The lowest BCUT2D eigenvalue weighted by molar-refractivity contribution is -0.138. The van der Waals surface area contributed by atoms with Crippen LogP contribution >= 0.6 is 12.2 Å². The van der Waals surface area contributed by atoms with Gasteiger partial charge in [0.15, 0.2) is 0 Å². The van der Waals surface area contributed by atoms with Crippen LogP contribution in [0.4, 0.5) is 30.7 Å². The molecule has 0 aromatic heterocycles. The predicted molar refractivity (Wildman–Crippen MR) is 222 cm³/mol. The Morgan fingerprint density at radius 1 is 1.02 bits per heavy atom. The Balaban J connectivity index is 0.000000367. The number of aliphatic imine (C=N–C) groups is 1. The van der Waals surface area contributed by atoms with Gasteiger partial charge in [0, 0.05) is 33.4 Å². The van der Waals surface area contributed by atoms with Gasteiger partial charge in [0.25, 0.3) is 6.43 Å². The fraction of sp³-hybridized carbons (Fsp3) is 0.652. The van der Waals surface area contributed by atoms with Crippen LogP contribution < -0.4 is 0 Å². The Bertz CT molecular complexity index is 1640. The van der Waals surface area contributed by atoms with Crippen molar-refractivity contribution in [2.45, 2.75) is 157 Å². The summed E-state index contributed by atoms with van der Waals surface area (Å²) >= 11 is 5.27. The van der Waals surface area contributed by atoms with Gasteiger partial charge in [-0.3, -0.25) is 4.99 Å². The topological polar surface area (TPSA) is 41.8 Å². The third-order valence-electron chi connectivity index (χ3n) is 11.5. The summed E-state index contributed by atoms with van der Waals surface area (Å²) in [5.41, 5.74) is 5.29. The van der Waals surface area contributed by atoms with Crippen molar-refractivity contribution < 1.29 is 40.6 Å². The average molecular weight is 828 g/mol. The molecule has 11 heteroatoms. The number of aryl methyl sites for hydroxylation is 2. The molecular formula is C46H64F7NO2S. The molecule has 0 saturated heterocycles. The Hall–Kier alpha value is -2.79. The molecule has 1 unspecified atom stereocenters. The molecule has 0 radical (unpaired) electrons. The summed E-state index contributed by atoms with van der Waals surface area (Å²) in [6.45, 7) is 11.8. The van der Waals surface area contributed by atoms with Crippen molar-refractivity contribution in [3.05, 3.63) is 81.3 Å². The van der Waals surface area contributed by atoms with Gasteiger partial charge >= 0.3 is 6.18 Å². The second kappa shape index (κ2) is 22.0. The van der Waals surface area contributed by atoms with Crippen molar-refractivity contribution in [1.29, 1.82) is 0 Å². The lowest BCUT2D eigenvalue weighted by Crippen LogP contribution is -2.28. The van der Waals surface area contributed by atoms with Crippen molar-refractivity contribution in [1.82, 2.24) is 0 Å². The minimum atomic E-state index is -4.31. The number of nitrogens with zero attached hydrogens (tertiary/aromatic N) is 1. The summed E-state index contributed by atoms with van der Waals surface area (Å²) in [6.07, 6.45) is 11.0. The first-order chi connectivity index (χ1) is 26.7. The van der Waals surface area contributed by atoms with Gasteiger partial charge in [0.2, 0.25) is 5.92 Å². The molecule has 1 saturated carbocycles. The SMILES string of the molecule is CC/C=C(CCCC1CCC(C(C)(F)F)CC1)/C1=C(\OCC(F)F)C(C)C/C=C2\CCCC(C)=N\C2=C\1.Cc1cc(CCC(=S)C(C)(C)CO)ccc1C(F)(F)F. The molecule has 1 heterocycles. The van der Waals surface area contributed by atoms with Crippen molar-refractivity contribution in [2.75, 3.05) is 13.2 Å². The van der Waals surface area contributed by atoms with Crippen LogP contribution in [0.15, 0.2) is 69.6 Å². The van der Waals surface area contributed by atoms with E-state index in [1.807, 2.05) is 20.8 Å². The zero-order chi connectivity index (χ0) is 42.6. The van der Waals surface area contributed by atoms with E-state index in [9.17, 15) is 35.8 Å². The highest BCUT2D eigenvalue weighted by molar-refractivity contribution is 7.80. The van der Waals surface area contributed by atoms with Crippen LogP contribution in [0.25, 0.3) is 0 Å². The highest BCUT2D eigenvalue weighted by Crippen LogP contribution is 2.41. The van der Waals surface area contributed by atoms with Gasteiger partial charge in [0.05, 0.1) is 17.9 Å². The third-order valence-corrected chi connectivity index (χ3v) is 12.3. The summed E-state index contributed by atoms with van der Waals surface area (Å²) in [5.74, 6) is -1.99. The molecule has 0 spiro atoms. The Kier molecular flexibility index (Phi) is 18.7. The highest BCUT2D eigenvalue weighted by atomic mass is 32.1. The van der Waals surface area contributed by atoms with E-state index >= 15 is 0 Å². The Labute approximate surface area is 342 Å². The first-order valence-corrected chi connectivity index (χ1v) is 21.1. The van der Waals surface area contributed by atoms with Crippen molar-refractivity contribution >= 4 is 22.8 Å². The molecule has 0 amide bonds. The molecule has 1 aromatic carbocycles. The van der Waals surface area contributed by atoms with Crippen LogP contribution in [0.3, 0.4) is 0 Å². The molecular weight excluding hydrogens is 764 g/mol. The molecule has 0 bridgehead atoms. The average Bonchev–Trinajstić information content (AvgIpc) is 3.30. The van der Waals surface area contributed by atoms with E-state index in [-0.39, 0.29) is 18.1 Å². The van der Waals surface area contributed by atoms with Crippen molar-refractivity contribution in [3.8, 4) is 0 Å². The molecule has 57 heavy (non-hydrogen) atoms. The molecule has 1 N–H and O–H groups in total. The van der Waals surface area contributed by atoms with Gasteiger partial charge in [-0.1, -0.05) is 70.6 Å². The fourth-order valence-electron chi connectivity index (χ4n) is 7.87. The number of alkyl halides is 7. The number of hydrogen-bond acceptors (Lipinski definition) is 4. The standard InChI is InChI=1S/C31H45F4NO.C15H19F3OS/c1-5-8-24(11-7-10-23-14-17-26(18-15-23)31(4,34)35)27-19-28-25(12-6-9-22(3)36-28)16-13-21(2)30(27)37-20-29(32)33;1-10-8-11(4-6-12(10)15(16,17)18)5-7-13(20)14(2,3)9-19/h8,16,19,21,23,26,29H,5-7,9-15,17-18,20H2,1-4H3;4,6,8,19H,5,7,9H2,1-3H3/b24-8+,25-16+,28-19+,30-27-;. The molecule has 3 aliphatic rings. The largest absolute Gasteiger partial charge is 0.491 e. The number of ether oxygens (including phenoxy) is 1. The molecule has 1 aliphatic heterocycles. The third kappa shape index (κ3) is 15.4. The lowest BCUT2D eigenvalue weighted by atomic mass is 9.77. The first kappa shape index (κ1) is 48.6. The number of rotatable bonds is 15. The molecule has 4 rings (SSSR count). The predicted octanol–water partition coefficient (Wildman–Crippen LogP) is 14.3. The molecule has 1 atom stereocenters. The number of hydrogen-bond donors (Lipinski definition) is 1. The van der Waals surface area contributed by atoms with Gasteiger partial charge in [-0.2, -0.15) is 13.2 Å². The van der Waals surface area contributed by atoms with Crippen LogP contribution in [0.5, 0.6) is 0 Å². The van der Waals surface area contributed by atoms with Gasteiger partial charge in [-0.05, 0) is 145 Å². The maximum atomic E-state index is 13.7. The monoisotopic (exact) mass is 827 g/mol. The van der Waals surface area contributed by atoms with Crippen molar-refractivity contribution in [2.24, 2.45) is 28.2 Å². The summed E-state index contributed by atoms with van der Waals surface area (Å²) in [7, 11) is 0. The van der Waals surface area contributed by atoms with Gasteiger partial charge in [-0.15, -0.1) is 0 Å². The zero-order valence-corrected chi connectivity index (χ0v) is 35.8. The van der Waals surface area contributed by atoms with E-state index in [0.717, 1.165) is 110 Å². The van der Waals surface area contributed by atoms with Crippen LogP contribution in [0, 0.1) is 30.1 Å². The van der Waals surface area contributed by atoms with Crippen LogP contribution in [0.1, 0.15) is 142 Å². The fourth-order valence-corrected chi connectivity index (χ4v) is 8.03. The highest BCUT2D eigenvalue weighted by Gasteiger charge is 2.37. The minimum Gasteiger partial charge on any atom is -0.491 e. The van der Waals surface area contributed by atoms with E-state index in [2.05, 4.69) is 32.1 Å². The van der Waals surface area contributed by atoms with E-state index < -0.39 is 42.0 Å². The van der Waals surface area contributed by atoms with E-state index in [0.29, 0.717) is 37.4 Å². The Morgan fingerprint density at radius 3 is 2.28 bits per heavy atom. The number of benzene rings is 1. The molecule has 1 aromatic rings. The number of thiocarbonyl (C=S) groups is 1. The van der Waals surface area contributed by atoms with Crippen LogP contribution in [-0.4, -0.2) is 41.2 Å². The van der Waals surface area contributed by atoms with Crippen LogP contribution in [0.2, 0.25) is 0 Å². The van der Waals surface area contributed by atoms with E-state index in [1.54, 1.807) is 6.07 Å². The lowest BCUT2D eigenvalue weighted by Gasteiger charge is -2.32. The van der Waals surface area contributed by atoms with E-state index in [4.69, 9.17) is 21.9 Å². The maximum Gasteiger partial charge on any atom is 0.416 e. The number of aliphatic hydroxyl groups is 1. The molecule has 2 aliphatic carbocycles. The summed E-state index contributed by atoms with van der Waals surface area (Å²) < 4.78 is 97.6. The summed E-state index contributed by atoms with van der Waals surface area (Å²) in [6, 6.07) is 4.16. The molecule has 1 fully saturated rings. The van der Waals surface area contributed by atoms with Gasteiger partial charge < -0.3 is 9.84 Å². The molecule has 320 valence electrons. The minimum absolute atomic E-state index is 0.0152. The number of allylic oxidation sites excluding steroid dienone is 7. The Morgan fingerprint density at radius 2 is 1.70 bits per heavy atom. The number of aliphatic hydroxyl groups excluding tert-OH is 1. The van der Waals surface area contributed by atoms with Crippen LogP contribution in [-0.2, 0) is 17.3 Å². The van der Waals surface area contributed by atoms with Gasteiger partial charge in [0.1, 0.15) is 12.4 Å². The zero-order valence-electron chi connectivity index (χ0n) is 34.9. The van der Waals surface area contributed by atoms with Gasteiger partial charge in [-0.25, -0.2) is 17.6 Å². The summed E-state index contributed by atoms with van der Waals surface area (Å²) in [4.78, 5) is 5.64. The van der Waals surface area contributed by atoms with E-state index in [1.165, 1.54) is 18.6 Å². The molecule has 3 nitrogen and oxygen atoms in total.